The number of benzene rings is 2. The van der Waals surface area contributed by atoms with Crippen molar-refractivity contribution >= 4 is 36.1 Å². The quantitative estimate of drug-likeness (QED) is 0.306. The first kappa shape index (κ1) is 40.1. The van der Waals surface area contributed by atoms with Gasteiger partial charge in [0.1, 0.15) is 33.8 Å². The van der Waals surface area contributed by atoms with E-state index in [-0.39, 0.29) is 30.7 Å². The topological polar surface area (TPSA) is 170 Å². The average molecular weight is 749 g/mol. The Morgan fingerprint density at radius 1 is 0.704 bits per heavy atom. The summed E-state index contributed by atoms with van der Waals surface area (Å²) in [5.41, 5.74) is -1.69. The maximum Gasteiger partial charge on any atom is 0.425 e. The lowest BCUT2D eigenvalue weighted by molar-refractivity contribution is -0.134. The molecule has 0 aromatic heterocycles. The van der Waals surface area contributed by atoms with Gasteiger partial charge in [-0.05, 0) is 140 Å². The highest BCUT2D eigenvalue weighted by molar-refractivity contribution is 6.20. The minimum Gasteiger partial charge on any atom is -0.497 e. The van der Waals surface area contributed by atoms with Crippen molar-refractivity contribution in [3.63, 3.8) is 0 Å². The van der Waals surface area contributed by atoms with Crippen LogP contribution in [0.5, 0.6) is 11.5 Å². The third-order valence-corrected chi connectivity index (χ3v) is 10.4. The molecule has 6 rings (SSSR count). The predicted octanol–water partition coefficient (Wildman–Crippen LogP) is 7.16. The molecule has 2 aliphatic heterocycles. The molecule has 0 bridgehead atoms. The van der Waals surface area contributed by atoms with E-state index in [1.54, 1.807) is 55.8 Å². The predicted molar refractivity (Wildman–Crippen MR) is 197 cm³/mol. The molecule has 2 saturated heterocycles. The van der Waals surface area contributed by atoms with E-state index < -0.39 is 46.4 Å². The van der Waals surface area contributed by atoms with Gasteiger partial charge in [-0.25, -0.2) is 24.1 Å². The van der Waals surface area contributed by atoms with Gasteiger partial charge in [0.15, 0.2) is 0 Å². The van der Waals surface area contributed by atoms with Crippen LogP contribution in [-0.2, 0) is 19.1 Å². The van der Waals surface area contributed by atoms with Gasteiger partial charge in [0.05, 0.1) is 14.2 Å². The number of hydrogen-bond acceptors (Lipinski definition) is 10. The Morgan fingerprint density at radius 3 is 1.59 bits per heavy atom. The van der Waals surface area contributed by atoms with Gasteiger partial charge in [-0.2, -0.15) is 4.90 Å². The smallest absolute Gasteiger partial charge is 0.425 e. The summed E-state index contributed by atoms with van der Waals surface area (Å²) in [7, 11) is 3.26. The Kier molecular flexibility index (Phi) is 11.4. The number of nitrogens with one attached hydrogen (secondary N) is 2. The lowest BCUT2D eigenvalue weighted by Crippen LogP contribution is -2.55. The van der Waals surface area contributed by atoms with Crippen LogP contribution in [0.2, 0.25) is 0 Å². The van der Waals surface area contributed by atoms with Crippen LogP contribution in [0.25, 0.3) is 0 Å². The molecule has 2 saturated carbocycles. The van der Waals surface area contributed by atoms with Gasteiger partial charge in [0.2, 0.25) is 0 Å². The number of methoxy groups -OCH3 is 2. The number of urea groups is 2. The highest BCUT2D eigenvalue weighted by Gasteiger charge is 2.64. The van der Waals surface area contributed by atoms with Gasteiger partial charge in [0.25, 0.3) is 11.8 Å². The van der Waals surface area contributed by atoms with Gasteiger partial charge in [-0.1, -0.05) is 24.3 Å². The molecule has 0 unspecified atom stereocenters. The van der Waals surface area contributed by atoms with Crippen LogP contribution in [0, 0.1) is 0 Å². The summed E-state index contributed by atoms with van der Waals surface area (Å²) in [5.74, 6) is 1.19. The monoisotopic (exact) mass is 748 g/mol. The number of hydrogen-bond donors (Lipinski definition) is 2. The molecule has 2 spiro atoms. The first-order valence-electron chi connectivity index (χ1n) is 18.4. The van der Waals surface area contributed by atoms with E-state index in [0.717, 1.165) is 34.8 Å². The largest absolute Gasteiger partial charge is 0.497 e. The fourth-order valence-corrected chi connectivity index (χ4v) is 7.68. The lowest BCUT2D eigenvalue weighted by Gasteiger charge is -2.40. The molecule has 4 aliphatic rings. The number of carbonyl (C=O) groups excluding carboxylic acids is 6. The fraction of sp³-hybridized carbons (Fsp3) is 0.550. The van der Waals surface area contributed by atoms with Crippen LogP contribution in [0.1, 0.15) is 116 Å². The van der Waals surface area contributed by atoms with Crippen LogP contribution in [0.15, 0.2) is 48.5 Å². The molecule has 2 aromatic rings. The number of carbonyl (C=O) groups is 6. The van der Waals surface area contributed by atoms with Gasteiger partial charge >= 0.3 is 24.2 Å². The number of rotatable bonds is 4. The van der Waals surface area contributed by atoms with E-state index in [2.05, 4.69) is 22.8 Å². The van der Waals surface area contributed by atoms with Crippen LogP contribution in [-0.4, -0.2) is 82.4 Å². The van der Waals surface area contributed by atoms with Crippen molar-refractivity contribution in [3.05, 3.63) is 59.7 Å². The molecule has 2 aromatic carbocycles. The Labute approximate surface area is 316 Å². The van der Waals surface area contributed by atoms with Crippen molar-refractivity contribution in [2.75, 3.05) is 14.2 Å². The van der Waals surface area contributed by atoms with Gasteiger partial charge in [-0.3, -0.25) is 14.9 Å². The summed E-state index contributed by atoms with van der Waals surface area (Å²) in [4.78, 5) is 77.2. The molecule has 292 valence electrons. The number of amides is 8. The van der Waals surface area contributed by atoms with Crippen molar-refractivity contribution in [3.8, 4) is 11.5 Å². The van der Waals surface area contributed by atoms with Crippen molar-refractivity contribution in [2.45, 2.75) is 127 Å². The van der Waals surface area contributed by atoms with E-state index in [4.69, 9.17) is 18.9 Å². The molecule has 14 heteroatoms. The van der Waals surface area contributed by atoms with Crippen LogP contribution in [0.4, 0.5) is 19.2 Å². The zero-order chi connectivity index (χ0) is 39.6. The number of imide groups is 5. The lowest BCUT2D eigenvalue weighted by atomic mass is 9.73. The highest BCUT2D eigenvalue weighted by atomic mass is 16.6. The van der Waals surface area contributed by atoms with E-state index in [1.165, 1.54) is 5.56 Å². The summed E-state index contributed by atoms with van der Waals surface area (Å²) in [6, 6.07) is 14.4. The summed E-state index contributed by atoms with van der Waals surface area (Å²) in [6.07, 6.45) is 2.59. The van der Waals surface area contributed by atoms with E-state index in [0.29, 0.717) is 36.5 Å². The van der Waals surface area contributed by atoms with Crippen LogP contribution >= 0.6 is 0 Å². The maximum atomic E-state index is 13.6. The fourth-order valence-electron chi connectivity index (χ4n) is 7.68. The molecule has 0 radical (unpaired) electrons. The minimum atomic E-state index is -1.49. The summed E-state index contributed by atoms with van der Waals surface area (Å²) < 4.78 is 21.3. The molecule has 2 N–H and O–H groups in total. The Balaban J connectivity index is 0.000000237. The first-order valence-corrected chi connectivity index (χ1v) is 18.4. The molecule has 0 atom stereocenters. The van der Waals surface area contributed by atoms with Crippen molar-refractivity contribution in [1.82, 2.24) is 20.4 Å². The van der Waals surface area contributed by atoms with Gasteiger partial charge < -0.3 is 24.3 Å². The average Bonchev–Trinajstić information content (AvgIpc) is 3.50. The second-order valence-electron chi connectivity index (χ2n) is 16.3. The number of ether oxygens (including phenoxy) is 4. The van der Waals surface area contributed by atoms with Crippen LogP contribution < -0.4 is 20.1 Å². The Morgan fingerprint density at radius 2 is 1.17 bits per heavy atom. The molecule has 4 fully saturated rings. The summed E-state index contributed by atoms with van der Waals surface area (Å²) >= 11 is 0. The van der Waals surface area contributed by atoms with E-state index in [9.17, 15) is 28.8 Å². The highest BCUT2D eigenvalue weighted by Crippen LogP contribution is 2.47. The minimum absolute atomic E-state index is 0.111. The molecular formula is C40H52N4O10. The number of nitrogens with zero attached hydrogens (tertiary/aromatic N) is 2. The standard InChI is InChI=1S/C25H34N2O7.C15H18N2O3/c1-23(2,3)33-21(30)26-19(28)25(27(20(26)29)22(31)34-24(4,5)6)13-11-16(12-14-25)17-9-8-10-18(15-17)32-7;1-20-12-4-2-3-11(9-12)10-5-7-15(8-6-10)13(18)16-14(19)17-15/h8-10,15-16H,11-14H2,1-7H3;2-4,9-10H,5-8H2,1H3,(H2,16,17,18,19). The second-order valence-corrected chi connectivity index (χ2v) is 16.3. The van der Waals surface area contributed by atoms with E-state index >= 15 is 0 Å². The Hall–Kier alpha value is -5.14. The second kappa shape index (κ2) is 15.3. The zero-order valence-electron chi connectivity index (χ0n) is 32.4. The molecule has 14 nitrogen and oxygen atoms in total. The van der Waals surface area contributed by atoms with Crippen molar-refractivity contribution in [1.29, 1.82) is 0 Å². The molecule has 2 heterocycles. The maximum absolute atomic E-state index is 13.6. The zero-order valence-corrected chi connectivity index (χ0v) is 32.4. The third kappa shape index (κ3) is 8.47. The SMILES string of the molecule is COc1cccc(C2CCC3(CC2)C(=O)N(C(=O)OC(C)(C)C)C(=O)N3C(=O)OC(C)(C)C)c1.COc1cccc(C2CCC3(CC2)NC(=O)NC3=O)c1. The van der Waals surface area contributed by atoms with Crippen molar-refractivity contribution in [2.24, 2.45) is 0 Å². The van der Waals surface area contributed by atoms with Crippen LogP contribution in [0.3, 0.4) is 0 Å². The van der Waals surface area contributed by atoms with Gasteiger partial charge in [0, 0.05) is 0 Å². The molecular weight excluding hydrogens is 696 g/mol. The molecule has 2 aliphatic carbocycles. The van der Waals surface area contributed by atoms with Gasteiger partial charge in [-0.15, -0.1) is 0 Å². The molecule has 54 heavy (non-hydrogen) atoms. The summed E-state index contributed by atoms with van der Waals surface area (Å²) in [6.45, 7) is 9.92. The summed E-state index contributed by atoms with van der Waals surface area (Å²) in [5, 5.41) is 5.13. The third-order valence-electron chi connectivity index (χ3n) is 10.4. The van der Waals surface area contributed by atoms with Crippen molar-refractivity contribution < 1.29 is 47.7 Å². The normalized spacial score (nSPS) is 25.5. The molecule has 8 amide bonds. The van der Waals surface area contributed by atoms with E-state index in [1.807, 2.05) is 36.4 Å². The first-order chi connectivity index (χ1) is 25.3. The Bertz CT molecular complexity index is 1780.